The summed E-state index contributed by atoms with van der Waals surface area (Å²) in [6, 6.07) is 9.99. The third-order valence-electron chi connectivity index (χ3n) is 3.96. The van der Waals surface area contributed by atoms with Gasteiger partial charge in [0.15, 0.2) is 0 Å². The molecule has 0 atom stereocenters. The van der Waals surface area contributed by atoms with E-state index in [1.54, 1.807) is 36.7 Å². The average molecular weight is 416 g/mol. The molecule has 1 N–H and O–H groups in total. The first-order valence-electron chi connectivity index (χ1n) is 8.19. The maximum atomic E-state index is 12.7. The van der Waals surface area contributed by atoms with Gasteiger partial charge < -0.3 is 13.8 Å². The lowest BCUT2D eigenvalue weighted by molar-refractivity contribution is 0.413. The van der Waals surface area contributed by atoms with Crippen molar-refractivity contribution in [1.29, 1.82) is 0 Å². The Kier molecular flexibility index (Phi) is 4.65. The summed E-state index contributed by atoms with van der Waals surface area (Å²) in [4.78, 5) is 4.90. The van der Waals surface area contributed by atoms with Crippen molar-refractivity contribution in [2.75, 3.05) is 11.8 Å². The highest BCUT2D eigenvalue weighted by atomic mass is 32.2. The number of hydrogen-bond acceptors (Lipinski definition) is 7. The molecule has 0 saturated heterocycles. The van der Waals surface area contributed by atoms with Crippen molar-refractivity contribution in [1.82, 2.24) is 14.7 Å². The number of rotatable bonds is 6. The summed E-state index contributed by atoms with van der Waals surface area (Å²) in [5.74, 6) is 0.520. The number of hydrogen-bond donors (Lipinski definition) is 1. The minimum Gasteiger partial charge on any atom is -0.494 e. The van der Waals surface area contributed by atoms with Crippen LogP contribution < -0.4 is 9.46 Å². The summed E-state index contributed by atoms with van der Waals surface area (Å²) >= 11 is 1.11. The number of aromatic nitrogens is 3. The van der Waals surface area contributed by atoms with Crippen LogP contribution in [0.2, 0.25) is 0 Å². The standard InChI is InChI=1S/C18H16N4O4S2/c1-12-10-22(11-19-12)15-4-3-13(9-16(15)25-2)21-28(23,24)18-6-5-17(27-18)14-7-8-26-20-14/h3-11,21H,1-2H3. The van der Waals surface area contributed by atoms with Crippen LogP contribution in [0.25, 0.3) is 16.3 Å². The molecule has 0 fully saturated rings. The van der Waals surface area contributed by atoms with Crippen LogP contribution in [0.1, 0.15) is 5.69 Å². The summed E-state index contributed by atoms with van der Waals surface area (Å²) in [5.41, 5.74) is 2.62. The molecule has 0 bridgehead atoms. The number of sulfonamides is 1. The molecular weight excluding hydrogens is 400 g/mol. The molecule has 8 nitrogen and oxygen atoms in total. The van der Waals surface area contributed by atoms with Crippen molar-refractivity contribution < 1.29 is 17.7 Å². The monoisotopic (exact) mass is 416 g/mol. The van der Waals surface area contributed by atoms with Gasteiger partial charge in [-0.25, -0.2) is 13.4 Å². The van der Waals surface area contributed by atoms with Crippen molar-refractivity contribution >= 4 is 27.0 Å². The Morgan fingerprint density at radius 2 is 2.07 bits per heavy atom. The number of nitrogens with one attached hydrogen (secondary N) is 1. The molecule has 1 aromatic carbocycles. The minimum atomic E-state index is -3.75. The molecule has 0 unspecified atom stereocenters. The highest BCUT2D eigenvalue weighted by Gasteiger charge is 2.19. The first-order valence-corrected chi connectivity index (χ1v) is 10.5. The van der Waals surface area contributed by atoms with E-state index in [-0.39, 0.29) is 4.21 Å². The van der Waals surface area contributed by atoms with Crippen molar-refractivity contribution in [3.63, 3.8) is 0 Å². The van der Waals surface area contributed by atoms with Gasteiger partial charge in [0.05, 0.1) is 35.4 Å². The number of nitrogens with zero attached hydrogens (tertiary/aromatic N) is 3. The van der Waals surface area contributed by atoms with E-state index in [1.807, 2.05) is 17.7 Å². The maximum absolute atomic E-state index is 12.7. The molecule has 0 spiro atoms. The molecule has 3 aromatic heterocycles. The van der Waals surface area contributed by atoms with E-state index in [0.29, 0.717) is 22.0 Å². The Bertz CT molecular complexity index is 1210. The zero-order valence-electron chi connectivity index (χ0n) is 15.0. The molecule has 0 radical (unpaired) electrons. The summed E-state index contributed by atoms with van der Waals surface area (Å²) in [7, 11) is -2.21. The molecule has 10 heteroatoms. The van der Waals surface area contributed by atoms with Crippen LogP contribution in [0.4, 0.5) is 5.69 Å². The summed E-state index contributed by atoms with van der Waals surface area (Å²) < 4.78 is 40.3. The van der Waals surface area contributed by atoms with E-state index in [1.165, 1.54) is 19.4 Å². The second-order valence-electron chi connectivity index (χ2n) is 5.92. The zero-order valence-corrected chi connectivity index (χ0v) is 16.6. The number of methoxy groups -OCH3 is 1. The van der Waals surface area contributed by atoms with E-state index in [2.05, 4.69) is 14.9 Å². The fourth-order valence-corrected chi connectivity index (χ4v) is 4.97. The normalized spacial score (nSPS) is 11.5. The van der Waals surface area contributed by atoms with Crippen LogP contribution in [0.3, 0.4) is 0 Å². The van der Waals surface area contributed by atoms with Gasteiger partial charge in [-0.3, -0.25) is 4.72 Å². The third-order valence-corrected chi connectivity index (χ3v) is 6.94. The second kappa shape index (κ2) is 7.13. The van der Waals surface area contributed by atoms with Gasteiger partial charge in [-0.1, -0.05) is 5.16 Å². The number of thiophene rings is 1. The molecule has 4 rings (SSSR count). The van der Waals surface area contributed by atoms with Crippen molar-refractivity contribution in [3.8, 4) is 22.0 Å². The number of anilines is 1. The van der Waals surface area contributed by atoms with E-state index in [0.717, 1.165) is 22.7 Å². The Morgan fingerprint density at radius 1 is 1.21 bits per heavy atom. The molecule has 3 heterocycles. The number of benzene rings is 1. The minimum absolute atomic E-state index is 0.179. The summed E-state index contributed by atoms with van der Waals surface area (Å²) in [6.45, 7) is 1.89. The lowest BCUT2D eigenvalue weighted by Crippen LogP contribution is -2.11. The predicted octanol–water partition coefficient (Wildman–Crippen LogP) is 3.71. The van der Waals surface area contributed by atoms with Crippen molar-refractivity contribution in [2.45, 2.75) is 11.1 Å². The van der Waals surface area contributed by atoms with Crippen LogP contribution in [0.15, 0.2) is 63.9 Å². The van der Waals surface area contributed by atoms with Gasteiger partial charge in [0.1, 0.15) is 21.9 Å². The topological polar surface area (TPSA) is 99.2 Å². The smallest absolute Gasteiger partial charge is 0.271 e. The second-order valence-corrected chi connectivity index (χ2v) is 8.91. The predicted molar refractivity (Wildman–Crippen MR) is 105 cm³/mol. The fraction of sp³-hybridized carbons (Fsp3) is 0.111. The largest absolute Gasteiger partial charge is 0.494 e. The van der Waals surface area contributed by atoms with Gasteiger partial charge in [-0.2, -0.15) is 0 Å². The first-order chi connectivity index (χ1) is 13.5. The van der Waals surface area contributed by atoms with Crippen LogP contribution >= 0.6 is 11.3 Å². The van der Waals surface area contributed by atoms with Crippen LogP contribution in [0, 0.1) is 6.92 Å². The molecule has 0 aliphatic heterocycles. The zero-order chi connectivity index (χ0) is 19.7. The number of imidazole rings is 1. The van der Waals surface area contributed by atoms with Gasteiger partial charge in [0.25, 0.3) is 10.0 Å². The lowest BCUT2D eigenvalue weighted by atomic mass is 10.2. The third kappa shape index (κ3) is 3.51. The SMILES string of the molecule is COc1cc(NS(=O)(=O)c2ccc(-c3ccon3)s2)ccc1-n1cnc(C)c1. The lowest BCUT2D eigenvalue weighted by Gasteiger charge is -2.12. The van der Waals surface area contributed by atoms with Gasteiger partial charge in [0, 0.05) is 18.3 Å². The molecule has 144 valence electrons. The molecule has 0 aliphatic rings. The fourth-order valence-electron chi connectivity index (χ4n) is 2.65. The molecule has 28 heavy (non-hydrogen) atoms. The van der Waals surface area contributed by atoms with Crippen molar-refractivity contribution in [3.05, 3.63) is 60.9 Å². The van der Waals surface area contributed by atoms with Crippen molar-refractivity contribution in [2.24, 2.45) is 0 Å². The quantitative estimate of drug-likeness (QED) is 0.514. The molecular formula is C18H16N4O4S2. The molecule has 4 aromatic rings. The summed E-state index contributed by atoms with van der Waals surface area (Å²) in [6.07, 6.45) is 4.98. The van der Waals surface area contributed by atoms with Crippen LogP contribution in [-0.4, -0.2) is 30.2 Å². The Balaban J connectivity index is 1.61. The number of ether oxygens (including phenoxy) is 1. The average Bonchev–Trinajstić information content (AvgIpc) is 3.42. The Morgan fingerprint density at radius 3 is 2.75 bits per heavy atom. The van der Waals surface area contributed by atoms with Gasteiger partial charge in [0.2, 0.25) is 0 Å². The molecule has 0 saturated carbocycles. The number of aryl methyl sites for hydroxylation is 1. The van der Waals surface area contributed by atoms with Gasteiger partial charge >= 0.3 is 0 Å². The van der Waals surface area contributed by atoms with Gasteiger partial charge in [-0.15, -0.1) is 11.3 Å². The van der Waals surface area contributed by atoms with E-state index in [9.17, 15) is 8.42 Å². The first kappa shape index (κ1) is 18.3. The molecule has 0 aliphatic carbocycles. The highest BCUT2D eigenvalue weighted by Crippen LogP contribution is 2.32. The highest BCUT2D eigenvalue weighted by molar-refractivity contribution is 7.94. The Labute approximate surface area is 165 Å². The van der Waals surface area contributed by atoms with Crippen LogP contribution in [-0.2, 0) is 10.0 Å². The van der Waals surface area contributed by atoms with E-state index in [4.69, 9.17) is 9.26 Å². The van der Waals surface area contributed by atoms with Gasteiger partial charge in [-0.05, 0) is 31.2 Å². The Hall–Kier alpha value is -3.11. The van der Waals surface area contributed by atoms with E-state index < -0.39 is 10.0 Å². The molecule has 0 amide bonds. The maximum Gasteiger partial charge on any atom is 0.271 e. The van der Waals surface area contributed by atoms with E-state index >= 15 is 0 Å². The summed E-state index contributed by atoms with van der Waals surface area (Å²) in [5, 5.41) is 3.82. The van der Waals surface area contributed by atoms with Crippen LogP contribution in [0.5, 0.6) is 5.75 Å².